The molecule has 0 saturated heterocycles. The summed E-state index contributed by atoms with van der Waals surface area (Å²) in [5, 5.41) is 0. The Balaban J connectivity index is 2.01. The number of carbonyl (C=O) groups is 1. The molecule has 110 valence electrons. The van der Waals surface area contributed by atoms with E-state index in [9.17, 15) is 4.79 Å². The lowest BCUT2D eigenvalue weighted by Crippen LogP contribution is -2.35. The molecule has 21 heavy (non-hydrogen) atoms. The summed E-state index contributed by atoms with van der Waals surface area (Å²) in [7, 11) is 0. The molecule has 5 heteroatoms. The molecule has 2 rings (SSSR count). The predicted molar refractivity (Wildman–Crippen MR) is 83.3 cm³/mol. The summed E-state index contributed by atoms with van der Waals surface area (Å²) in [5.41, 5.74) is 14.0. The molecule has 0 aliphatic heterocycles. The zero-order valence-electron chi connectivity index (χ0n) is 11.9. The van der Waals surface area contributed by atoms with Gasteiger partial charge in [-0.3, -0.25) is 14.7 Å². The maximum atomic E-state index is 11.2. The molecule has 0 bridgehead atoms. The highest BCUT2D eigenvalue weighted by Crippen LogP contribution is 2.13. The second kappa shape index (κ2) is 7.40. The van der Waals surface area contributed by atoms with Gasteiger partial charge in [0, 0.05) is 37.1 Å². The van der Waals surface area contributed by atoms with Gasteiger partial charge in [0.25, 0.3) is 0 Å². The maximum Gasteiger partial charge on any atom is 0.231 e. The SMILES string of the molecule is NC(=O)CN(CCc1ccccn1)Cc1ccccc1N. The molecule has 0 spiro atoms. The van der Waals surface area contributed by atoms with E-state index in [4.69, 9.17) is 11.5 Å². The molecule has 0 unspecified atom stereocenters. The van der Waals surface area contributed by atoms with Crippen molar-refractivity contribution >= 4 is 11.6 Å². The van der Waals surface area contributed by atoms with Crippen molar-refractivity contribution in [2.75, 3.05) is 18.8 Å². The maximum absolute atomic E-state index is 11.2. The zero-order valence-corrected chi connectivity index (χ0v) is 11.9. The van der Waals surface area contributed by atoms with Crippen molar-refractivity contribution in [2.24, 2.45) is 5.73 Å². The average Bonchev–Trinajstić information content (AvgIpc) is 2.48. The van der Waals surface area contributed by atoms with Crippen LogP contribution >= 0.6 is 0 Å². The number of hydrogen-bond acceptors (Lipinski definition) is 4. The fourth-order valence-corrected chi connectivity index (χ4v) is 2.17. The molecular formula is C16H20N4O. The van der Waals surface area contributed by atoms with Crippen molar-refractivity contribution in [1.82, 2.24) is 9.88 Å². The zero-order chi connectivity index (χ0) is 15.1. The van der Waals surface area contributed by atoms with Gasteiger partial charge in [-0.2, -0.15) is 0 Å². The van der Waals surface area contributed by atoms with Crippen molar-refractivity contribution in [2.45, 2.75) is 13.0 Å². The van der Waals surface area contributed by atoms with E-state index in [0.29, 0.717) is 13.1 Å². The Kier molecular flexibility index (Phi) is 5.29. The lowest BCUT2D eigenvalue weighted by atomic mass is 10.1. The second-order valence-corrected chi connectivity index (χ2v) is 4.95. The summed E-state index contributed by atoms with van der Waals surface area (Å²) in [6.07, 6.45) is 2.53. The molecule has 1 amide bonds. The van der Waals surface area contributed by atoms with Crippen molar-refractivity contribution in [3.8, 4) is 0 Å². The van der Waals surface area contributed by atoms with E-state index < -0.39 is 0 Å². The Labute approximate surface area is 124 Å². The highest BCUT2D eigenvalue weighted by molar-refractivity contribution is 5.75. The highest BCUT2D eigenvalue weighted by atomic mass is 16.1. The Morgan fingerprint density at radius 1 is 1.14 bits per heavy atom. The van der Waals surface area contributed by atoms with E-state index >= 15 is 0 Å². The van der Waals surface area contributed by atoms with Crippen molar-refractivity contribution in [1.29, 1.82) is 0 Å². The number of primary amides is 1. The van der Waals surface area contributed by atoms with Crippen LogP contribution in [0.4, 0.5) is 5.69 Å². The molecular weight excluding hydrogens is 264 g/mol. The Bertz CT molecular complexity index is 586. The van der Waals surface area contributed by atoms with Gasteiger partial charge in [0.15, 0.2) is 0 Å². The van der Waals surface area contributed by atoms with Crippen LogP contribution in [0.3, 0.4) is 0 Å². The third-order valence-corrected chi connectivity index (χ3v) is 3.24. The van der Waals surface area contributed by atoms with Crippen LogP contribution in [0, 0.1) is 0 Å². The molecule has 2 aromatic rings. The molecule has 1 aromatic carbocycles. The van der Waals surface area contributed by atoms with Crippen molar-refractivity contribution in [3.63, 3.8) is 0 Å². The van der Waals surface area contributed by atoms with Crippen LogP contribution in [-0.2, 0) is 17.8 Å². The number of pyridine rings is 1. The van der Waals surface area contributed by atoms with Gasteiger partial charge in [-0.05, 0) is 23.8 Å². The molecule has 4 N–H and O–H groups in total. The van der Waals surface area contributed by atoms with Crippen LogP contribution in [-0.4, -0.2) is 28.9 Å². The van der Waals surface area contributed by atoms with Crippen molar-refractivity contribution in [3.05, 3.63) is 59.9 Å². The first-order valence-electron chi connectivity index (χ1n) is 6.89. The van der Waals surface area contributed by atoms with Crippen LogP contribution < -0.4 is 11.5 Å². The van der Waals surface area contributed by atoms with Gasteiger partial charge < -0.3 is 11.5 Å². The van der Waals surface area contributed by atoms with Gasteiger partial charge in [-0.15, -0.1) is 0 Å². The van der Waals surface area contributed by atoms with Crippen LogP contribution in [0.2, 0.25) is 0 Å². The first kappa shape index (κ1) is 15.0. The van der Waals surface area contributed by atoms with E-state index in [1.165, 1.54) is 0 Å². The smallest absolute Gasteiger partial charge is 0.231 e. The van der Waals surface area contributed by atoms with Gasteiger partial charge in [-0.25, -0.2) is 0 Å². The minimum Gasteiger partial charge on any atom is -0.398 e. The Hall–Kier alpha value is -2.40. The van der Waals surface area contributed by atoms with E-state index in [-0.39, 0.29) is 12.5 Å². The van der Waals surface area contributed by atoms with Crippen molar-refractivity contribution < 1.29 is 4.79 Å². The fourth-order valence-electron chi connectivity index (χ4n) is 2.17. The number of anilines is 1. The quantitative estimate of drug-likeness (QED) is 0.748. The second-order valence-electron chi connectivity index (χ2n) is 4.95. The number of nitrogens with two attached hydrogens (primary N) is 2. The number of amides is 1. The summed E-state index contributed by atoms with van der Waals surface area (Å²) in [4.78, 5) is 17.5. The number of rotatable bonds is 7. The van der Waals surface area contributed by atoms with Gasteiger partial charge in [0.2, 0.25) is 5.91 Å². The monoisotopic (exact) mass is 284 g/mol. The number of carbonyl (C=O) groups excluding carboxylic acids is 1. The van der Waals surface area contributed by atoms with E-state index in [0.717, 1.165) is 23.4 Å². The molecule has 1 aromatic heterocycles. The average molecular weight is 284 g/mol. The van der Waals surface area contributed by atoms with Crippen LogP contribution in [0.15, 0.2) is 48.7 Å². The third kappa shape index (κ3) is 4.89. The minimum atomic E-state index is -0.342. The molecule has 0 aliphatic carbocycles. The van der Waals surface area contributed by atoms with Gasteiger partial charge in [-0.1, -0.05) is 24.3 Å². The van der Waals surface area contributed by atoms with Gasteiger partial charge in [0.05, 0.1) is 6.54 Å². The molecule has 0 radical (unpaired) electrons. The topological polar surface area (TPSA) is 85.2 Å². The first-order valence-corrected chi connectivity index (χ1v) is 6.89. The molecule has 1 heterocycles. The normalized spacial score (nSPS) is 10.7. The fraction of sp³-hybridized carbons (Fsp3) is 0.250. The summed E-state index contributed by atoms with van der Waals surface area (Å²) >= 11 is 0. The number of para-hydroxylation sites is 1. The van der Waals surface area contributed by atoms with Crippen LogP contribution in [0.5, 0.6) is 0 Å². The number of nitrogen functional groups attached to an aromatic ring is 1. The number of benzene rings is 1. The number of nitrogens with zero attached hydrogens (tertiary/aromatic N) is 2. The molecule has 5 nitrogen and oxygen atoms in total. The molecule has 0 aliphatic rings. The standard InChI is InChI=1S/C16H20N4O/c17-15-7-2-1-5-13(15)11-20(12-16(18)21)10-8-14-6-3-4-9-19-14/h1-7,9H,8,10-12,17H2,(H2,18,21). The Morgan fingerprint density at radius 3 is 2.57 bits per heavy atom. The van der Waals surface area contributed by atoms with E-state index in [1.54, 1.807) is 6.20 Å². The number of aromatic nitrogens is 1. The van der Waals surface area contributed by atoms with E-state index in [2.05, 4.69) is 4.98 Å². The Morgan fingerprint density at radius 2 is 1.90 bits per heavy atom. The third-order valence-electron chi connectivity index (χ3n) is 3.24. The molecule has 0 saturated carbocycles. The lowest BCUT2D eigenvalue weighted by Gasteiger charge is -2.21. The number of hydrogen-bond donors (Lipinski definition) is 2. The highest BCUT2D eigenvalue weighted by Gasteiger charge is 2.11. The summed E-state index contributed by atoms with van der Waals surface area (Å²) < 4.78 is 0. The van der Waals surface area contributed by atoms with Crippen LogP contribution in [0.1, 0.15) is 11.3 Å². The summed E-state index contributed by atoms with van der Waals surface area (Å²) in [6.45, 7) is 1.51. The first-order chi connectivity index (χ1) is 10.1. The molecule has 0 fully saturated rings. The summed E-state index contributed by atoms with van der Waals surface area (Å²) in [6, 6.07) is 13.5. The van der Waals surface area contributed by atoms with Gasteiger partial charge in [0.1, 0.15) is 0 Å². The molecule has 0 atom stereocenters. The van der Waals surface area contributed by atoms with E-state index in [1.807, 2.05) is 47.4 Å². The van der Waals surface area contributed by atoms with Crippen LogP contribution in [0.25, 0.3) is 0 Å². The predicted octanol–water partition coefficient (Wildman–Crippen LogP) is 1.19. The largest absolute Gasteiger partial charge is 0.398 e. The lowest BCUT2D eigenvalue weighted by molar-refractivity contribution is -0.119. The minimum absolute atomic E-state index is 0.209. The summed E-state index contributed by atoms with van der Waals surface area (Å²) in [5.74, 6) is -0.342. The van der Waals surface area contributed by atoms with Gasteiger partial charge >= 0.3 is 0 Å².